The molecule has 0 fully saturated rings. The molecule has 0 atom stereocenters. The summed E-state index contributed by atoms with van der Waals surface area (Å²) in [6.45, 7) is 4.57. The minimum absolute atomic E-state index is 0.312. The Morgan fingerprint density at radius 3 is 2.50 bits per heavy atom. The van der Waals surface area contributed by atoms with Crippen LogP contribution in [0.25, 0.3) is 0 Å². The first-order chi connectivity index (χ1) is 8.58. The van der Waals surface area contributed by atoms with Crippen LogP contribution in [0.5, 0.6) is 0 Å². The molecule has 0 aliphatic carbocycles. The van der Waals surface area contributed by atoms with Crippen molar-refractivity contribution in [3.05, 3.63) is 29.6 Å². The van der Waals surface area contributed by atoms with E-state index >= 15 is 0 Å². The molecule has 1 heterocycles. The van der Waals surface area contributed by atoms with Crippen LogP contribution in [0.2, 0.25) is 0 Å². The monoisotopic (exact) mass is 249 g/mol. The zero-order chi connectivity index (χ0) is 13.3. The SMILES string of the molecule is CCC(CC)CN1C(=O)C(=O)c2ccc(F)cc21. The van der Waals surface area contributed by atoms with Gasteiger partial charge in [-0.05, 0) is 24.1 Å². The molecule has 1 aromatic carbocycles. The smallest absolute Gasteiger partial charge is 0.299 e. The maximum atomic E-state index is 13.2. The van der Waals surface area contributed by atoms with E-state index in [9.17, 15) is 14.0 Å². The number of carbonyl (C=O) groups excluding carboxylic acids is 2. The van der Waals surface area contributed by atoms with Crippen molar-refractivity contribution in [2.75, 3.05) is 11.4 Å². The number of carbonyl (C=O) groups is 2. The van der Waals surface area contributed by atoms with E-state index in [1.165, 1.54) is 23.1 Å². The molecular formula is C14H16FNO2. The van der Waals surface area contributed by atoms with Gasteiger partial charge in [0.25, 0.3) is 11.7 Å². The van der Waals surface area contributed by atoms with Crippen molar-refractivity contribution < 1.29 is 14.0 Å². The van der Waals surface area contributed by atoms with Gasteiger partial charge in [0, 0.05) is 6.54 Å². The molecule has 0 saturated heterocycles. The maximum absolute atomic E-state index is 13.2. The molecular weight excluding hydrogens is 233 g/mol. The third-order valence-electron chi connectivity index (χ3n) is 3.53. The lowest BCUT2D eigenvalue weighted by molar-refractivity contribution is -0.114. The molecule has 0 aromatic heterocycles. The lowest BCUT2D eigenvalue weighted by atomic mass is 10.0. The summed E-state index contributed by atoms with van der Waals surface area (Å²) in [5.74, 6) is -1.17. The molecule has 0 radical (unpaired) electrons. The van der Waals surface area contributed by atoms with Crippen LogP contribution in [-0.4, -0.2) is 18.2 Å². The fourth-order valence-electron chi connectivity index (χ4n) is 2.25. The number of benzene rings is 1. The molecule has 0 spiro atoms. The summed E-state index contributed by atoms with van der Waals surface area (Å²) in [5.41, 5.74) is 0.726. The molecule has 3 nitrogen and oxygen atoms in total. The van der Waals surface area contributed by atoms with Crippen LogP contribution < -0.4 is 4.90 Å². The zero-order valence-corrected chi connectivity index (χ0v) is 10.6. The fourth-order valence-corrected chi connectivity index (χ4v) is 2.25. The van der Waals surface area contributed by atoms with Gasteiger partial charge < -0.3 is 4.90 Å². The van der Waals surface area contributed by atoms with Crippen molar-refractivity contribution in [2.24, 2.45) is 5.92 Å². The Hall–Kier alpha value is -1.71. The van der Waals surface area contributed by atoms with Gasteiger partial charge in [-0.1, -0.05) is 26.7 Å². The number of halogens is 1. The molecule has 1 aliphatic heterocycles. The second kappa shape index (κ2) is 4.88. The Balaban J connectivity index is 2.35. The summed E-state index contributed by atoms with van der Waals surface area (Å²) in [6, 6.07) is 3.86. The first-order valence-electron chi connectivity index (χ1n) is 6.24. The van der Waals surface area contributed by atoms with E-state index in [0.29, 0.717) is 23.7 Å². The number of anilines is 1. The molecule has 0 N–H and O–H groups in total. The van der Waals surface area contributed by atoms with Gasteiger partial charge in [-0.25, -0.2) is 4.39 Å². The zero-order valence-electron chi connectivity index (χ0n) is 10.6. The summed E-state index contributed by atoms with van der Waals surface area (Å²) in [5, 5.41) is 0. The first-order valence-corrected chi connectivity index (χ1v) is 6.24. The van der Waals surface area contributed by atoms with Crippen LogP contribution in [0.3, 0.4) is 0 Å². The average molecular weight is 249 g/mol. The summed E-state index contributed by atoms with van der Waals surface area (Å²) < 4.78 is 13.2. The van der Waals surface area contributed by atoms with Gasteiger partial charge in [0.15, 0.2) is 0 Å². The molecule has 1 amide bonds. The lowest BCUT2D eigenvalue weighted by Crippen LogP contribution is -2.34. The number of Topliss-reactive ketones (excluding diaryl/α,β-unsaturated/α-hetero) is 1. The third kappa shape index (κ3) is 2.03. The summed E-state index contributed by atoms with van der Waals surface area (Å²) in [4.78, 5) is 25.1. The lowest BCUT2D eigenvalue weighted by Gasteiger charge is -2.22. The molecule has 18 heavy (non-hydrogen) atoms. The van der Waals surface area contributed by atoms with Gasteiger partial charge in [-0.3, -0.25) is 9.59 Å². The number of fused-ring (bicyclic) bond motifs is 1. The minimum Gasteiger partial charge on any atom is -0.304 e. The number of hydrogen-bond donors (Lipinski definition) is 0. The van der Waals surface area contributed by atoms with Crippen LogP contribution in [0.4, 0.5) is 10.1 Å². The number of amides is 1. The minimum atomic E-state index is -0.539. The van der Waals surface area contributed by atoms with Crippen LogP contribution in [0, 0.1) is 11.7 Å². The maximum Gasteiger partial charge on any atom is 0.299 e. The normalized spacial score (nSPS) is 14.6. The molecule has 4 heteroatoms. The van der Waals surface area contributed by atoms with E-state index in [-0.39, 0.29) is 0 Å². The summed E-state index contributed by atoms with van der Waals surface area (Å²) in [7, 11) is 0. The number of hydrogen-bond acceptors (Lipinski definition) is 2. The Morgan fingerprint density at radius 2 is 1.89 bits per heavy atom. The number of nitrogens with zero attached hydrogens (tertiary/aromatic N) is 1. The highest BCUT2D eigenvalue weighted by Crippen LogP contribution is 2.31. The third-order valence-corrected chi connectivity index (χ3v) is 3.53. The topological polar surface area (TPSA) is 37.4 Å². The van der Waals surface area contributed by atoms with Crippen molar-refractivity contribution in [3.8, 4) is 0 Å². The van der Waals surface area contributed by atoms with E-state index in [0.717, 1.165) is 12.8 Å². The molecule has 96 valence electrons. The van der Waals surface area contributed by atoms with E-state index in [4.69, 9.17) is 0 Å². The van der Waals surface area contributed by atoms with Crippen molar-refractivity contribution in [2.45, 2.75) is 26.7 Å². The van der Waals surface area contributed by atoms with E-state index in [2.05, 4.69) is 0 Å². The van der Waals surface area contributed by atoms with Crippen molar-refractivity contribution >= 4 is 17.4 Å². The van der Waals surface area contributed by atoms with Gasteiger partial charge in [0.2, 0.25) is 0 Å². The van der Waals surface area contributed by atoms with Crippen molar-refractivity contribution in [1.82, 2.24) is 0 Å². The van der Waals surface area contributed by atoms with Gasteiger partial charge in [0.1, 0.15) is 5.82 Å². The standard InChI is InChI=1S/C14H16FNO2/c1-3-9(4-2)8-16-12-7-10(15)5-6-11(12)13(17)14(16)18/h5-7,9H,3-4,8H2,1-2H3. The second-order valence-corrected chi connectivity index (χ2v) is 4.59. The van der Waals surface area contributed by atoms with Crippen LogP contribution in [0.15, 0.2) is 18.2 Å². The highest BCUT2D eigenvalue weighted by atomic mass is 19.1. The molecule has 0 bridgehead atoms. The van der Waals surface area contributed by atoms with Crippen LogP contribution in [0.1, 0.15) is 37.0 Å². The number of rotatable bonds is 4. The predicted molar refractivity (Wildman–Crippen MR) is 67.2 cm³/mol. The first kappa shape index (κ1) is 12.7. The van der Waals surface area contributed by atoms with Gasteiger partial charge >= 0.3 is 0 Å². The van der Waals surface area contributed by atoms with Crippen LogP contribution >= 0.6 is 0 Å². The quantitative estimate of drug-likeness (QED) is 0.769. The predicted octanol–water partition coefficient (Wildman–Crippen LogP) is 2.79. The highest BCUT2D eigenvalue weighted by molar-refractivity contribution is 6.52. The van der Waals surface area contributed by atoms with Gasteiger partial charge in [0.05, 0.1) is 11.3 Å². The van der Waals surface area contributed by atoms with Crippen molar-refractivity contribution in [3.63, 3.8) is 0 Å². The summed E-state index contributed by atoms with van der Waals surface area (Å²) >= 11 is 0. The molecule has 2 rings (SSSR count). The molecule has 1 aromatic rings. The summed E-state index contributed by atoms with van der Waals surface area (Å²) in [6.07, 6.45) is 1.86. The molecule has 0 saturated carbocycles. The van der Waals surface area contributed by atoms with Gasteiger partial charge in [-0.2, -0.15) is 0 Å². The second-order valence-electron chi connectivity index (χ2n) is 4.59. The van der Waals surface area contributed by atoms with E-state index in [1.807, 2.05) is 13.8 Å². The Morgan fingerprint density at radius 1 is 1.22 bits per heavy atom. The highest BCUT2D eigenvalue weighted by Gasteiger charge is 2.36. The Kier molecular flexibility index (Phi) is 3.45. The van der Waals surface area contributed by atoms with Gasteiger partial charge in [-0.15, -0.1) is 0 Å². The average Bonchev–Trinajstić information content (AvgIpc) is 2.60. The van der Waals surface area contributed by atoms with Crippen LogP contribution in [-0.2, 0) is 4.79 Å². The van der Waals surface area contributed by atoms with E-state index < -0.39 is 17.5 Å². The number of ketones is 1. The molecule has 0 unspecified atom stereocenters. The van der Waals surface area contributed by atoms with Crippen molar-refractivity contribution in [1.29, 1.82) is 0 Å². The van der Waals surface area contributed by atoms with E-state index in [1.54, 1.807) is 0 Å². The Labute approximate surface area is 106 Å². The fraction of sp³-hybridized carbons (Fsp3) is 0.429. The largest absolute Gasteiger partial charge is 0.304 e. The molecule has 1 aliphatic rings. The Bertz CT molecular complexity index is 495.